The van der Waals surface area contributed by atoms with Gasteiger partial charge < -0.3 is 15.2 Å². The Balaban J connectivity index is 3.15. The molecule has 16 heavy (non-hydrogen) atoms. The largest absolute Gasteiger partial charge is 0.495 e. The van der Waals surface area contributed by atoms with Crippen LogP contribution in [-0.2, 0) is 9.53 Å². The van der Waals surface area contributed by atoms with Crippen molar-refractivity contribution in [3.63, 3.8) is 0 Å². The molecule has 0 radical (unpaired) electrons. The van der Waals surface area contributed by atoms with Crippen LogP contribution < -0.4 is 10.5 Å². The van der Waals surface area contributed by atoms with Crippen molar-refractivity contribution in [1.82, 2.24) is 0 Å². The predicted octanol–water partition coefficient (Wildman–Crippen LogP) is 1.83. The molecule has 0 saturated heterocycles. The summed E-state index contributed by atoms with van der Waals surface area (Å²) in [6.07, 6.45) is 0. The topological polar surface area (TPSA) is 61.5 Å². The number of aryl methyl sites for hydroxylation is 1. The molecule has 0 amide bonds. The molecule has 0 spiro atoms. The lowest BCUT2D eigenvalue weighted by molar-refractivity contribution is -0.142. The lowest BCUT2D eigenvalue weighted by Crippen LogP contribution is -2.23. The molecule has 0 aliphatic carbocycles. The molecule has 0 bridgehead atoms. The second kappa shape index (κ2) is 5.18. The Labute approximate surface area is 99.3 Å². The number of rotatable bonds is 3. The van der Waals surface area contributed by atoms with E-state index in [1.807, 2.05) is 6.92 Å². The van der Waals surface area contributed by atoms with Crippen LogP contribution in [0.5, 0.6) is 5.75 Å². The molecule has 4 nitrogen and oxygen atoms in total. The van der Waals surface area contributed by atoms with E-state index in [2.05, 4.69) is 4.74 Å². The van der Waals surface area contributed by atoms with Gasteiger partial charge in [0, 0.05) is 0 Å². The summed E-state index contributed by atoms with van der Waals surface area (Å²) in [5.41, 5.74) is 7.21. The molecule has 0 aromatic heterocycles. The maximum atomic E-state index is 11.3. The molecule has 1 aromatic rings. The number of halogens is 1. The van der Waals surface area contributed by atoms with Crippen LogP contribution in [0.4, 0.5) is 0 Å². The molecular weight excluding hydrogens is 230 g/mol. The van der Waals surface area contributed by atoms with E-state index >= 15 is 0 Å². The molecule has 1 unspecified atom stereocenters. The lowest BCUT2D eigenvalue weighted by atomic mass is 10.0. The molecule has 88 valence electrons. The van der Waals surface area contributed by atoms with Gasteiger partial charge in [0.2, 0.25) is 0 Å². The van der Waals surface area contributed by atoms with Crippen LogP contribution in [0.15, 0.2) is 12.1 Å². The third-order valence-corrected chi connectivity index (χ3v) is 2.63. The van der Waals surface area contributed by atoms with E-state index in [0.29, 0.717) is 16.3 Å². The van der Waals surface area contributed by atoms with Gasteiger partial charge in [-0.15, -0.1) is 0 Å². The molecular formula is C11H14ClNO3. The Kier molecular flexibility index (Phi) is 4.15. The molecule has 0 aliphatic rings. The van der Waals surface area contributed by atoms with Gasteiger partial charge in [-0.05, 0) is 30.2 Å². The summed E-state index contributed by atoms with van der Waals surface area (Å²) in [4.78, 5) is 11.3. The van der Waals surface area contributed by atoms with Gasteiger partial charge in [0.25, 0.3) is 0 Å². The van der Waals surface area contributed by atoms with E-state index < -0.39 is 12.0 Å². The molecule has 1 rings (SSSR count). The summed E-state index contributed by atoms with van der Waals surface area (Å²) in [5.74, 6) is 0.0596. The molecule has 0 heterocycles. The summed E-state index contributed by atoms with van der Waals surface area (Å²) >= 11 is 5.96. The standard InChI is InChI=1S/C11H14ClNO3/c1-6-4-9(15-2)8(12)5-7(6)10(13)11(14)16-3/h4-5,10H,13H2,1-3H3. The Morgan fingerprint density at radius 3 is 2.56 bits per heavy atom. The fourth-order valence-electron chi connectivity index (χ4n) is 1.42. The van der Waals surface area contributed by atoms with Crippen LogP contribution in [-0.4, -0.2) is 20.2 Å². The number of carbonyl (C=O) groups is 1. The van der Waals surface area contributed by atoms with Crippen molar-refractivity contribution in [2.75, 3.05) is 14.2 Å². The minimum absolute atomic E-state index is 0.419. The fraction of sp³-hybridized carbons (Fsp3) is 0.364. The van der Waals surface area contributed by atoms with Gasteiger partial charge in [-0.1, -0.05) is 11.6 Å². The number of hydrogen-bond donors (Lipinski definition) is 1. The average Bonchev–Trinajstić information content (AvgIpc) is 2.29. The number of nitrogens with two attached hydrogens (primary N) is 1. The SMILES string of the molecule is COC(=O)C(N)c1cc(Cl)c(OC)cc1C. The zero-order valence-corrected chi connectivity index (χ0v) is 10.2. The van der Waals surface area contributed by atoms with E-state index in [4.69, 9.17) is 22.1 Å². The van der Waals surface area contributed by atoms with Gasteiger partial charge in [-0.2, -0.15) is 0 Å². The highest BCUT2D eigenvalue weighted by molar-refractivity contribution is 6.32. The first kappa shape index (κ1) is 12.8. The van der Waals surface area contributed by atoms with Crippen molar-refractivity contribution in [3.05, 3.63) is 28.3 Å². The number of hydrogen-bond acceptors (Lipinski definition) is 4. The minimum atomic E-state index is -0.826. The lowest BCUT2D eigenvalue weighted by Gasteiger charge is -2.14. The summed E-state index contributed by atoms with van der Waals surface area (Å²) < 4.78 is 9.64. The average molecular weight is 244 g/mol. The quantitative estimate of drug-likeness (QED) is 0.823. The van der Waals surface area contributed by atoms with Gasteiger partial charge in [0.05, 0.1) is 19.2 Å². The van der Waals surface area contributed by atoms with Crippen molar-refractivity contribution in [2.24, 2.45) is 5.73 Å². The Bertz CT molecular complexity index is 406. The van der Waals surface area contributed by atoms with Gasteiger partial charge >= 0.3 is 5.97 Å². The van der Waals surface area contributed by atoms with Gasteiger partial charge in [0.15, 0.2) is 0 Å². The van der Waals surface area contributed by atoms with Gasteiger partial charge in [-0.3, -0.25) is 4.79 Å². The minimum Gasteiger partial charge on any atom is -0.495 e. The van der Waals surface area contributed by atoms with Crippen molar-refractivity contribution in [3.8, 4) is 5.75 Å². The maximum Gasteiger partial charge on any atom is 0.327 e. The molecule has 1 aromatic carbocycles. The van der Waals surface area contributed by atoms with Gasteiger partial charge in [-0.25, -0.2) is 0 Å². The number of ether oxygens (including phenoxy) is 2. The summed E-state index contributed by atoms with van der Waals surface area (Å²) in [7, 11) is 2.82. The molecule has 0 fully saturated rings. The highest BCUT2D eigenvalue weighted by Gasteiger charge is 2.19. The molecule has 0 saturated carbocycles. The van der Waals surface area contributed by atoms with Crippen LogP contribution >= 0.6 is 11.6 Å². The van der Waals surface area contributed by atoms with Crippen LogP contribution in [0, 0.1) is 6.92 Å². The third kappa shape index (κ3) is 2.46. The highest BCUT2D eigenvalue weighted by Crippen LogP contribution is 2.30. The van der Waals surface area contributed by atoms with Crippen LogP contribution in [0.2, 0.25) is 5.02 Å². The van der Waals surface area contributed by atoms with E-state index in [0.717, 1.165) is 5.56 Å². The fourth-order valence-corrected chi connectivity index (χ4v) is 1.67. The third-order valence-electron chi connectivity index (χ3n) is 2.33. The predicted molar refractivity (Wildman–Crippen MR) is 61.7 cm³/mol. The first-order valence-corrected chi connectivity index (χ1v) is 5.06. The highest BCUT2D eigenvalue weighted by atomic mass is 35.5. The monoisotopic (exact) mass is 243 g/mol. The first-order valence-electron chi connectivity index (χ1n) is 4.68. The van der Waals surface area contributed by atoms with Crippen molar-refractivity contribution < 1.29 is 14.3 Å². The number of benzene rings is 1. The summed E-state index contributed by atoms with van der Waals surface area (Å²) in [6, 6.07) is 2.53. The van der Waals surface area contributed by atoms with Crippen molar-refractivity contribution in [2.45, 2.75) is 13.0 Å². The van der Waals surface area contributed by atoms with Crippen LogP contribution in [0.3, 0.4) is 0 Å². The maximum absolute atomic E-state index is 11.3. The second-order valence-electron chi connectivity index (χ2n) is 3.34. The van der Waals surface area contributed by atoms with Gasteiger partial charge in [0.1, 0.15) is 11.8 Å². The summed E-state index contributed by atoms with van der Waals surface area (Å²) in [5, 5.41) is 0.419. The zero-order valence-electron chi connectivity index (χ0n) is 9.41. The Hall–Kier alpha value is -1.26. The number of carbonyl (C=O) groups excluding carboxylic acids is 1. The van der Waals surface area contributed by atoms with Crippen molar-refractivity contribution in [1.29, 1.82) is 0 Å². The normalized spacial score (nSPS) is 12.1. The van der Waals surface area contributed by atoms with E-state index in [1.54, 1.807) is 12.1 Å². The number of methoxy groups -OCH3 is 2. The van der Waals surface area contributed by atoms with E-state index in [1.165, 1.54) is 14.2 Å². The van der Waals surface area contributed by atoms with E-state index in [9.17, 15) is 4.79 Å². The van der Waals surface area contributed by atoms with Crippen molar-refractivity contribution >= 4 is 17.6 Å². The Morgan fingerprint density at radius 2 is 2.06 bits per heavy atom. The first-order chi connectivity index (χ1) is 7.51. The zero-order chi connectivity index (χ0) is 12.3. The molecule has 5 heteroatoms. The molecule has 2 N–H and O–H groups in total. The Morgan fingerprint density at radius 1 is 1.44 bits per heavy atom. The summed E-state index contributed by atoms with van der Waals surface area (Å²) in [6.45, 7) is 1.83. The van der Waals surface area contributed by atoms with Crippen LogP contribution in [0.1, 0.15) is 17.2 Å². The van der Waals surface area contributed by atoms with Crippen LogP contribution in [0.25, 0.3) is 0 Å². The second-order valence-corrected chi connectivity index (χ2v) is 3.75. The van der Waals surface area contributed by atoms with E-state index in [-0.39, 0.29) is 0 Å². The smallest absolute Gasteiger partial charge is 0.327 e. The number of esters is 1. The molecule has 1 atom stereocenters. The molecule has 0 aliphatic heterocycles.